The monoisotopic (exact) mass is 335 g/mol. The highest BCUT2D eigenvalue weighted by Crippen LogP contribution is 2.34. The van der Waals surface area contributed by atoms with Crippen molar-refractivity contribution in [1.29, 1.82) is 0 Å². The molecule has 0 saturated carbocycles. The number of piperidine rings is 1. The van der Waals surface area contributed by atoms with Crippen molar-refractivity contribution in [2.24, 2.45) is 0 Å². The van der Waals surface area contributed by atoms with E-state index in [1.807, 2.05) is 6.92 Å². The third kappa shape index (κ3) is 4.11. The lowest BCUT2D eigenvalue weighted by atomic mass is 9.80. The average Bonchev–Trinajstić information content (AvgIpc) is 2.93. The molecular weight excluding hydrogens is 302 g/mol. The number of rotatable bonds is 2. The predicted octanol–water partition coefficient (Wildman–Crippen LogP) is 4.27. The van der Waals surface area contributed by atoms with Crippen LogP contribution in [0.1, 0.15) is 78.6 Å². The van der Waals surface area contributed by atoms with Crippen LogP contribution in [0.15, 0.2) is 6.20 Å². The second-order valence-electron chi connectivity index (χ2n) is 8.79. The molecule has 1 fully saturated rings. The standard InChI is InChI=1S/C19H33N3O2/c1-8-24-17(23)21-11-9-14(10-12-21)22-13-15(18(2,3)4)16(20-22)19(5,6)7/h13-14H,8-12H2,1-7H3. The van der Waals surface area contributed by atoms with E-state index in [9.17, 15) is 4.79 Å². The van der Waals surface area contributed by atoms with E-state index in [1.165, 1.54) is 11.3 Å². The summed E-state index contributed by atoms with van der Waals surface area (Å²) in [5.41, 5.74) is 2.61. The summed E-state index contributed by atoms with van der Waals surface area (Å²) in [5.74, 6) is 0. The maximum absolute atomic E-state index is 11.8. The lowest BCUT2D eigenvalue weighted by Gasteiger charge is -2.31. The molecule has 0 aliphatic carbocycles. The molecule has 2 rings (SSSR count). The fraction of sp³-hybridized carbons (Fsp3) is 0.789. The Balaban J connectivity index is 2.17. The van der Waals surface area contributed by atoms with Crippen molar-refractivity contribution < 1.29 is 9.53 Å². The molecule has 136 valence electrons. The van der Waals surface area contributed by atoms with Crippen molar-refractivity contribution >= 4 is 6.09 Å². The molecule has 5 nitrogen and oxygen atoms in total. The lowest BCUT2D eigenvalue weighted by Crippen LogP contribution is -2.39. The molecule has 1 aromatic heterocycles. The van der Waals surface area contributed by atoms with Crippen LogP contribution in [0.25, 0.3) is 0 Å². The van der Waals surface area contributed by atoms with Crippen LogP contribution >= 0.6 is 0 Å². The summed E-state index contributed by atoms with van der Waals surface area (Å²) in [4.78, 5) is 13.6. The fourth-order valence-electron chi connectivity index (χ4n) is 3.21. The third-order valence-corrected chi connectivity index (χ3v) is 4.61. The van der Waals surface area contributed by atoms with Gasteiger partial charge in [0.2, 0.25) is 0 Å². The van der Waals surface area contributed by atoms with Crippen LogP contribution in [0.2, 0.25) is 0 Å². The Bertz CT molecular complexity index is 539. The Morgan fingerprint density at radius 2 is 1.75 bits per heavy atom. The van der Waals surface area contributed by atoms with Gasteiger partial charge in [0, 0.05) is 24.7 Å². The fourth-order valence-corrected chi connectivity index (χ4v) is 3.21. The Morgan fingerprint density at radius 1 is 1.17 bits per heavy atom. The summed E-state index contributed by atoms with van der Waals surface area (Å²) in [5, 5.41) is 4.96. The molecule has 0 radical (unpaired) electrons. The minimum atomic E-state index is -0.192. The molecule has 0 spiro atoms. The maximum atomic E-state index is 11.8. The summed E-state index contributed by atoms with van der Waals surface area (Å²) >= 11 is 0. The van der Waals surface area contributed by atoms with E-state index >= 15 is 0 Å². The summed E-state index contributed by atoms with van der Waals surface area (Å²) in [6.07, 6.45) is 3.88. The number of ether oxygens (including phenoxy) is 1. The first-order valence-electron chi connectivity index (χ1n) is 9.06. The Labute approximate surface area is 146 Å². The van der Waals surface area contributed by atoms with Gasteiger partial charge in [0.25, 0.3) is 0 Å². The van der Waals surface area contributed by atoms with E-state index in [4.69, 9.17) is 9.84 Å². The highest BCUT2D eigenvalue weighted by atomic mass is 16.6. The Morgan fingerprint density at radius 3 is 2.17 bits per heavy atom. The topological polar surface area (TPSA) is 47.4 Å². The van der Waals surface area contributed by atoms with Crippen LogP contribution in [0.5, 0.6) is 0 Å². The zero-order valence-corrected chi connectivity index (χ0v) is 16.3. The van der Waals surface area contributed by atoms with Crippen LogP contribution in [0.4, 0.5) is 4.79 Å². The minimum Gasteiger partial charge on any atom is -0.450 e. The first-order valence-corrected chi connectivity index (χ1v) is 9.06. The molecular formula is C19H33N3O2. The van der Waals surface area contributed by atoms with E-state index < -0.39 is 0 Å². The molecule has 2 heterocycles. The van der Waals surface area contributed by atoms with Crippen molar-refractivity contribution in [2.75, 3.05) is 19.7 Å². The molecule has 1 saturated heterocycles. The summed E-state index contributed by atoms with van der Waals surface area (Å²) < 4.78 is 7.24. The minimum absolute atomic E-state index is 0.0273. The zero-order valence-electron chi connectivity index (χ0n) is 16.3. The second-order valence-corrected chi connectivity index (χ2v) is 8.79. The molecule has 0 aromatic carbocycles. The van der Waals surface area contributed by atoms with Gasteiger partial charge in [0.1, 0.15) is 0 Å². The predicted molar refractivity (Wildman–Crippen MR) is 96.5 cm³/mol. The van der Waals surface area contributed by atoms with E-state index in [0.717, 1.165) is 25.9 Å². The zero-order chi connectivity index (χ0) is 18.1. The van der Waals surface area contributed by atoms with E-state index in [0.29, 0.717) is 12.6 Å². The van der Waals surface area contributed by atoms with Crippen LogP contribution in [-0.4, -0.2) is 40.5 Å². The number of carbonyl (C=O) groups is 1. The van der Waals surface area contributed by atoms with Gasteiger partial charge in [0.15, 0.2) is 0 Å². The van der Waals surface area contributed by atoms with Crippen molar-refractivity contribution in [3.05, 3.63) is 17.5 Å². The number of nitrogens with zero attached hydrogens (tertiary/aromatic N) is 3. The van der Waals surface area contributed by atoms with Gasteiger partial charge in [-0.15, -0.1) is 0 Å². The van der Waals surface area contributed by atoms with Crippen molar-refractivity contribution in [2.45, 2.75) is 78.2 Å². The SMILES string of the molecule is CCOC(=O)N1CCC(n2cc(C(C)(C)C)c(C(C)(C)C)n2)CC1. The molecule has 0 unspecified atom stereocenters. The summed E-state index contributed by atoms with van der Waals surface area (Å²) in [7, 11) is 0. The van der Waals surface area contributed by atoms with Gasteiger partial charge in [0.05, 0.1) is 18.3 Å². The summed E-state index contributed by atoms with van der Waals surface area (Å²) in [6, 6.07) is 0.355. The van der Waals surface area contributed by atoms with Crippen LogP contribution in [0, 0.1) is 0 Å². The highest BCUT2D eigenvalue weighted by Gasteiger charge is 2.31. The van der Waals surface area contributed by atoms with Crippen molar-refractivity contribution in [3.63, 3.8) is 0 Å². The molecule has 1 aliphatic heterocycles. The number of aromatic nitrogens is 2. The van der Waals surface area contributed by atoms with Crippen molar-refractivity contribution in [1.82, 2.24) is 14.7 Å². The normalized spacial score (nSPS) is 17.2. The van der Waals surface area contributed by atoms with Gasteiger partial charge in [-0.2, -0.15) is 5.10 Å². The van der Waals surface area contributed by atoms with E-state index in [-0.39, 0.29) is 16.9 Å². The number of amides is 1. The van der Waals surface area contributed by atoms with Gasteiger partial charge in [-0.05, 0) is 30.7 Å². The number of carbonyl (C=O) groups excluding carboxylic acids is 1. The molecule has 24 heavy (non-hydrogen) atoms. The quantitative estimate of drug-likeness (QED) is 0.811. The maximum Gasteiger partial charge on any atom is 0.409 e. The smallest absolute Gasteiger partial charge is 0.409 e. The van der Waals surface area contributed by atoms with E-state index in [1.54, 1.807) is 4.90 Å². The van der Waals surface area contributed by atoms with Gasteiger partial charge in [-0.3, -0.25) is 4.68 Å². The third-order valence-electron chi connectivity index (χ3n) is 4.61. The second kappa shape index (κ2) is 6.77. The number of hydrogen-bond donors (Lipinski definition) is 0. The van der Waals surface area contributed by atoms with Crippen LogP contribution < -0.4 is 0 Å². The number of hydrogen-bond acceptors (Lipinski definition) is 3. The van der Waals surface area contributed by atoms with Gasteiger partial charge < -0.3 is 9.64 Å². The largest absolute Gasteiger partial charge is 0.450 e. The first kappa shape index (κ1) is 18.8. The highest BCUT2D eigenvalue weighted by molar-refractivity contribution is 5.67. The molecule has 0 atom stereocenters. The molecule has 5 heteroatoms. The Kier molecular flexibility index (Phi) is 5.31. The average molecular weight is 335 g/mol. The number of likely N-dealkylation sites (tertiary alicyclic amines) is 1. The van der Waals surface area contributed by atoms with Gasteiger partial charge in [-0.25, -0.2) is 4.79 Å². The van der Waals surface area contributed by atoms with Gasteiger partial charge >= 0.3 is 6.09 Å². The molecule has 1 aliphatic rings. The molecule has 1 amide bonds. The van der Waals surface area contributed by atoms with E-state index in [2.05, 4.69) is 52.4 Å². The molecule has 0 bridgehead atoms. The lowest BCUT2D eigenvalue weighted by molar-refractivity contribution is 0.0915. The first-order chi connectivity index (χ1) is 11.0. The Hall–Kier alpha value is -1.52. The summed E-state index contributed by atoms with van der Waals surface area (Å²) in [6.45, 7) is 17.1. The molecule has 1 aromatic rings. The van der Waals surface area contributed by atoms with Gasteiger partial charge in [-0.1, -0.05) is 41.5 Å². The van der Waals surface area contributed by atoms with Crippen LogP contribution in [0.3, 0.4) is 0 Å². The van der Waals surface area contributed by atoms with Crippen molar-refractivity contribution in [3.8, 4) is 0 Å². The molecule has 0 N–H and O–H groups in total. The van der Waals surface area contributed by atoms with Crippen LogP contribution in [-0.2, 0) is 15.6 Å².